The highest BCUT2D eigenvalue weighted by molar-refractivity contribution is 5.75. The molecule has 0 aliphatic heterocycles. The number of nitrogens with zero attached hydrogens (tertiary/aromatic N) is 1. The number of halogens is 2. The van der Waals surface area contributed by atoms with Gasteiger partial charge < -0.3 is 10.7 Å². The molecular formula is C12H13F2N3. The third kappa shape index (κ3) is 1.80. The van der Waals surface area contributed by atoms with Crippen LogP contribution in [0.4, 0.5) is 8.78 Å². The molecule has 0 unspecified atom stereocenters. The van der Waals surface area contributed by atoms with Gasteiger partial charge >= 0.3 is 0 Å². The van der Waals surface area contributed by atoms with Crippen LogP contribution in [-0.4, -0.2) is 16.0 Å². The molecule has 1 aliphatic rings. The Hall–Kier alpha value is -1.49. The van der Waals surface area contributed by atoms with Gasteiger partial charge in [-0.1, -0.05) is 0 Å². The second-order valence-corrected chi connectivity index (χ2v) is 4.68. The van der Waals surface area contributed by atoms with E-state index in [1.165, 1.54) is 0 Å². The molecule has 1 aliphatic carbocycles. The van der Waals surface area contributed by atoms with Crippen LogP contribution in [0.2, 0.25) is 0 Å². The number of aromatic nitrogens is 2. The lowest BCUT2D eigenvalue weighted by atomic mass is 10.1. The number of fused-ring (bicyclic) bond motifs is 1. The van der Waals surface area contributed by atoms with Crippen LogP contribution in [0.15, 0.2) is 12.1 Å². The van der Waals surface area contributed by atoms with Gasteiger partial charge in [0.2, 0.25) is 0 Å². The molecule has 1 fully saturated rings. The van der Waals surface area contributed by atoms with E-state index in [1.54, 1.807) is 0 Å². The number of rotatable bonds is 1. The summed E-state index contributed by atoms with van der Waals surface area (Å²) in [6.07, 6.45) is 2.83. The van der Waals surface area contributed by atoms with Crippen molar-refractivity contribution in [1.29, 1.82) is 0 Å². The number of aromatic amines is 1. The number of nitrogens with one attached hydrogen (secondary N) is 1. The molecule has 1 aromatic carbocycles. The first-order valence-corrected chi connectivity index (χ1v) is 5.73. The second-order valence-electron chi connectivity index (χ2n) is 4.68. The van der Waals surface area contributed by atoms with E-state index >= 15 is 0 Å². The number of H-pyrrole nitrogens is 1. The predicted octanol–water partition coefficient (Wildman–Crippen LogP) is 2.44. The van der Waals surface area contributed by atoms with Gasteiger partial charge in [-0.25, -0.2) is 13.8 Å². The topological polar surface area (TPSA) is 54.7 Å². The lowest BCUT2D eigenvalue weighted by Crippen LogP contribution is -2.14. The van der Waals surface area contributed by atoms with Gasteiger partial charge in [0.15, 0.2) is 11.6 Å². The molecular weight excluding hydrogens is 224 g/mol. The number of benzene rings is 1. The molecule has 3 rings (SSSR count). The van der Waals surface area contributed by atoms with Crippen LogP contribution in [0.5, 0.6) is 0 Å². The normalized spacial score (nSPS) is 24.6. The van der Waals surface area contributed by atoms with Crippen LogP contribution in [0.25, 0.3) is 11.0 Å². The van der Waals surface area contributed by atoms with Crippen LogP contribution in [-0.2, 0) is 0 Å². The van der Waals surface area contributed by atoms with Crippen molar-refractivity contribution in [3.05, 3.63) is 29.6 Å². The smallest absolute Gasteiger partial charge is 0.161 e. The van der Waals surface area contributed by atoms with Crippen LogP contribution in [0.3, 0.4) is 0 Å². The lowest BCUT2D eigenvalue weighted by molar-refractivity contribution is 0.510. The maximum absolute atomic E-state index is 13.1. The lowest BCUT2D eigenvalue weighted by Gasteiger charge is -2.04. The van der Waals surface area contributed by atoms with E-state index in [0.717, 1.165) is 37.2 Å². The third-order valence-corrected chi connectivity index (χ3v) is 3.40. The first kappa shape index (κ1) is 10.7. The van der Waals surface area contributed by atoms with Crippen LogP contribution < -0.4 is 5.73 Å². The van der Waals surface area contributed by atoms with Gasteiger partial charge in [-0.2, -0.15) is 0 Å². The summed E-state index contributed by atoms with van der Waals surface area (Å²) in [5.74, 6) is -0.643. The summed E-state index contributed by atoms with van der Waals surface area (Å²) in [5, 5.41) is 0. The van der Waals surface area contributed by atoms with Gasteiger partial charge in [0, 0.05) is 24.1 Å². The summed E-state index contributed by atoms with van der Waals surface area (Å²) in [7, 11) is 0. The molecule has 2 atom stereocenters. The van der Waals surface area contributed by atoms with Gasteiger partial charge in [0.1, 0.15) is 5.82 Å². The number of hydrogen-bond donors (Lipinski definition) is 2. The Morgan fingerprint density at radius 1 is 1.24 bits per heavy atom. The molecule has 0 saturated heterocycles. The standard InChI is InChI=1S/C12H13F2N3/c13-8-4-10-11(5-9(8)14)17-12(16-10)6-1-2-7(15)3-6/h4-7H,1-3,15H2,(H,16,17)/t6-,7+/m1/s1. The fourth-order valence-electron chi connectivity index (χ4n) is 2.48. The molecule has 0 amide bonds. The van der Waals surface area contributed by atoms with Gasteiger partial charge in [-0.3, -0.25) is 0 Å². The van der Waals surface area contributed by atoms with E-state index in [4.69, 9.17) is 5.73 Å². The maximum atomic E-state index is 13.1. The zero-order valence-corrected chi connectivity index (χ0v) is 9.21. The summed E-state index contributed by atoms with van der Waals surface area (Å²) >= 11 is 0. The van der Waals surface area contributed by atoms with Crippen LogP contribution in [0.1, 0.15) is 31.0 Å². The molecule has 17 heavy (non-hydrogen) atoms. The summed E-state index contributed by atoms with van der Waals surface area (Å²) in [6, 6.07) is 2.48. The molecule has 3 N–H and O–H groups in total. The molecule has 90 valence electrons. The molecule has 0 radical (unpaired) electrons. The molecule has 1 heterocycles. The van der Waals surface area contributed by atoms with Crippen LogP contribution >= 0.6 is 0 Å². The van der Waals surface area contributed by atoms with E-state index in [0.29, 0.717) is 11.0 Å². The molecule has 1 saturated carbocycles. The summed E-state index contributed by atoms with van der Waals surface area (Å²) in [5.41, 5.74) is 6.86. The van der Waals surface area contributed by atoms with Gasteiger partial charge in [0.05, 0.1) is 11.0 Å². The molecule has 0 bridgehead atoms. The quantitative estimate of drug-likeness (QED) is 0.800. The Morgan fingerprint density at radius 3 is 2.71 bits per heavy atom. The Labute approximate surface area is 97.0 Å². The summed E-state index contributed by atoms with van der Waals surface area (Å²) < 4.78 is 26.1. The fraction of sp³-hybridized carbons (Fsp3) is 0.417. The maximum Gasteiger partial charge on any atom is 0.161 e. The minimum absolute atomic E-state index is 0.210. The number of nitrogens with two attached hydrogens (primary N) is 1. The van der Waals surface area contributed by atoms with Crippen LogP contribution in [0, 0.1) is 11.6 Å². The fourth-order valence-corrected chi connectivity index (χ4v) is 2.48. The zero-order valence-electron chi connectivity index (χ0n) is 9.21. The van der Waals surface area contributed by atoms with Crippen molar-refractivity contribution in [3.63, 3.8) is 0 Å². The predicted molar refractivity (Wildman–Crippen MR) is 60.6 cm³/mol. The molecule has 1 aromatic heterocycles. The van der Waals surface area contributed by atoms with E-state index in [1.807, 2.05) is 0 Å². The first-order valence-electron chi connectivity index (χ1n) is 5.73. The van der Waals surface area contributed by atoms with Crippen molar-refractivity contribution in [2.45, 2.75) is 31.2 Å². The van der Waals surface area contributed by atoms with E-state index in [9.17, 15) is 8.78 Å². The average molecular weight is 237 g/mol. The molecule has 2 aromatic rings. The number of imidazole rings is 1. The second kappa shape index (κ2) is 3.77. The average Bonchev–Trinajstić information content (AvgIpc) is 2.85. The van der Waals surface area contributed by atoms with Crippen molar-refractivity contribution in [1.82, 2.24) is 9.97 Å². The highest BCUT2D eigenvalue weighted by Crippen LogP contribution is 2.33. The number of hydrogen-bond acceptors (Lipinski definition) is 2. The van der Waals surface area contributed by atoms with Crippen molar-refractivity contribution < 1.29 is 8.78 Å². The largest absolute Gasteiger partial charge is 0.342 e. The molecule has 0 spiro atoms. The minimum atomic E-state index is -0.862. The van der Waals surface area contributed by atoms with Gasteiger partial charge in [0.25, 0.3) is 0 Å². The molecule has 5 heteroatoms. The van der Waals surface area contributed by atoms with E-state index in [-0.39, 0.29) is 12.0 Å². The van der Waals surface area contributed by atoms with Crippen molar-refractivity contribution in [2.24, 2.45) is 5.73 Å². The van der Waals surface area contributed by atoms with E-state index < -0.39 is 11.6 Å². The highest BCUT2D eigenvalue weighted by atomic mass is 19.2. The Bertz CT molecular complexity index is 525. The third-order valence-electron chi connectivity index (χ3n) is 3.40. The first-order chi connectivity index (χ1) is 8.13. The highest BCUT2D eigenvalue weighted by Gasteiger charge is 2.25. The Balaban J connectivity index is 2.02. The SMILES string of the molecule is N[C@H]1CC[C@@H](c2nc3cc(F)c(F)cc3[nH]2)C1. The zero-order chi connectivity index (χ0) is 12.0. The van der Waals surface area contributed by atoms with Crippen molar-refractivity contribution in [3.8, 4) is 0 Å². The van der Waals surface area contributed by atoms with Gasteiger partial charge in [-0.15, -0.1) is 0 Å². The van der Waals surface area contributed by atoms with Crippen molar-refractivity contribution in [2.75, 3.05) is 0 Å². The summed E-state index contributed by atoms with van der Waals surface area (Å²) in [6.45, 7) is 0. The van der Waals surface area contributed by atoms with E-state index in [2.05, 4.69) is 9.97 Å². The minimum Gasteiger partial charge on any atom is -0.342 e. The van der Waals surface area contributed by atoms with Gasteiger partial charge in [-0.05, 0) is 19.3 Å². The monoisotopic (exact) mass is 237 g/mol. The Morgan fingerprint density at radius 2 is 2.00 bits per heavy atom. The van der Waals surface area contributed by atoms with Crippen molar-refractivity contribution >= 4 is 11.0 Å². The summed E-state index contributed by atoms with van der Waals surface area (Å²) in [4.78, 5) is 7.37. The Kier molecular flexibility index (Phi) is 2.36. The molecule has 3 nitrogen and oxygen atoms in total.